The molecule has 1 aliphatic rings. The molecule has 1 fully saturated rings. The van der Waals surface area contributed by atoms with Crippen LogP contribution in [0.25, 0.3) is 0 Å². The van der Waals surface area contributed by atoms with Crippen molar-refractivity contribution in [2.45, 2.75) is 12.8 Å². The average Bonchev–Trinajstić information content (AvgIpc) is 2.56. The molecule has 116 valence electrons. The van der Waals surface area contributed by atoms with Crippen LogP contribution in [0.2, 0.25) is 0 Å². The van der Waals surface area contributed by atoms with Crippen molar-refractivity contribution >= 4 is 29.3 Å². The van der Waals surface area contributed by atoms with Gasteiger partial charge in [0.25, 0.3) is 0 Å². The number of likely N-dealkylation sites (tertiary alicyclic amines) is 1. The Morgan fingerprint density at radius 2 is 2.14 bits per heavy atom. The van der Waals surface area contributed by atoms with E-state index in [-0.39, 0.29) is 17.7 Å². The number of hydrogen-bond acceptors (Lipinski definition) is 4. The van der Waals surface area contributed by atoms with Crippen LogP contribution in [0.15, 0.2) is 30.3 Å². The van der Waals surface area contributed by atoms with Gasteiger partial charge in [0.1, 0.15) is 0 Å². The molecule has 0 radical (unpaired) electrons. The molecule has 0 bridgehead atoms. The van der Waals surface area contributed by atoms with Crippen molar-refractivity contribution in [2.75, 3.05) is 29.9 Å². The summed E-state index contributed by atoms with van der Waals surface area (Å²) < 4.78 is 0. The summed E-state index contributed by atoms with van der Waals surface area (Å²) in [5, 5.41) is 11.4. The van der Waals surface area contributed by atoms with Gasteiger partial charge in [-0.05, 0) is 25.0 Å². The smallest absolute Gasteiger partial charge is 0.232 e. The third-order valence-corrected chi connectivity index (χ3v) is 4.36. The lowest BCUT2D eigenvalue weighted by atomic mass is 9.97. The summed E-state index contributed by atoms with van der Waals surface area (Å²) in [6.07, 6.45) is 1.63. The zero-order valence-electron chi connectivity index (χ0n) is 12.3. The lowest BCUT2D eigenvalue weighted by Crippen LogP contribution is -2.44. The van der Waals surface area contributed by atoms with E-state index in [0.29, 0.717) is 24.6 Å². The third-order valence-electron chi connectivity index (χ3n) is 3.58. The Labute approximate surface area is 134 Å². The van der Waals surface area contributed by atoms with Crippen LogP contribution in [0, 0.1) is 17.2 Å². The summed E-state index contributed by atoms with van der Waals surface area (Å²) in [6.45, 7) is 1.16. The van der Waals surface area contributed by atoms with Crippen LogP contribution in [0.1, 0.15) is 12.8 Å². The van der Waals surface area contributed by atoms with Crippen LogP contribution < -0.4 is 5.32 Å². The summed E-state index contributed by atoms with van der Waals surface area (Å²) >= 11 is 1.31. The first-order chi connectivity index (χ1) is 10.7. The lowest BCUT2D eigenvalue weighted by molar-refractivity contribution is -0.132. The van der Waals surface area contributed by atoms with Gasteiger partial charge in [0.15, 0.2) is 0 Å². The summed E-state index contributed by atoms with van der Waals surface area (Å²) in [7, 11) is 0. The molecule has 1 aliphatic heterocycles. The normalized spacial score (nSPS) is 17.6. The molecular formula is C16H19N3O2S. The van der Waals surface area contributed by atoms with Gasteiger partial charge in [0.05, 0.1) is 23.5 Å². The molecule has 2 rings (SSSR count). The van der Waals surface area contributed by atoms with Crippen molar-refractivity contribution in [3.8, 4) is 6.07 Å². The predicted molar refractivity (Wildman–Crippen MR) is 87.3 cm³/mol. The van der Waals surface area contributed by atoms with Crippen molar-refractivity contribution in [3.63, 3.8) is 0 Å². The molecule has 5 nitrogen and oxygen atoms in total. The molecule has 22 heavy (non-hydrogen) atoms. The Balaban J connectivity index is 1.86. The Hall–Kier alpha value is -2.00. The number of anilines is 1. The van der Waals surface area contributed by atoms with E-state index in [4.69, 9.17) is 5.26 Å². The molecule has 1 aromatic carbocycles. The molecule has 0 unspecified atom stereocenters. The minimum atomic E-state index is -0.168. The number of carbonyl (C=O) groups excluding carboxylic acids is 2. The molecule has 1 atom stereocenters. The van der Waals surface area contributed by atoms with Crippen LogP contribution in [-0.4, -0.2) is 41.3 Å². The fraction of sp³-hybridized carbons (Fsp3) is 0.438. The van der Waals surface area contributed by atoms with Crippen LogP contribution >= 0.6 is 11.8 Å². The summed E-state index contributed by atoms with van der Waals surface area (Å²) in [4.78, 5) is 26.1. The van der Waals surface area contributed by atoms with Gasteiger partial charge in [0.2, 0.25) is 11.8 Å². The van der Waals surface area contributed by atoms with E-state index in [0.717, 1.165) is 18.5 Å². The first-order valence-corrected chi connectivity index (χ1v) is 8.44. The monoisotopic (exact) mass is 317 g/mol. The number of hydrogen-bond donors (Lipinski definition) is 1. The SMILES string of the molecule is N#CCSCC(=O)N1CCC[C@@H](C(=O)Nc2ccccc2)C1. The van der Waals surface area contributed by atoms with Gasteiger partial charge in [-0.1, -0.05) is 18.2 Å². The van der Waals surface area contributed by atoms with E-state index < -0.39 is 0 Å². The lowest BCUT2D eigenvalue weighted by Gasteiger charge is -2.32. The Kier molecular flexibility index (Phi) is 6.28. The minimum absolute atomic E-state index is 0.0115. The number of amides is 2. The summed E-state index contributed by atoms with van der Waals surface area (Å²) in [6, 6.07) is 11.4. The molecule has 0 aromatic heterocycles. The highest BCUT2D eigenvalue weighted by molar-refractivity contribution is 8.00. The van der Waals surface area contributed by atoms with E-state index in [9.17, 15) is 9.59 Å². The van der Waals surface area contributed by atoms with Gasteiger partial charge in [-0.15, -0.1) is 11.8 Å². The summed E-state index contributed by atoms with van der Waals surface area (Å²) in [5.41, 5.74) is 0.778. The molecule has 1 N–H and O–H groups in total. The Morgan fingerprint density at radius 1 is 1.36 bits per heavy atom. The van der Waals surface area contributed by atoms with E-state index in [1.807, 2.05) is 36.4 Å². The molecule has 1 aromatic rings. The first-order valence-electron chi connectivity index (χ1n) is 7.29. The molecule has 6 heteroatoms. The first kappa shape index (κ1) is 16.4. The second-order valence-corrected chi connectivity index (χ2v) is 6.17. The van der Waals surface area contributed by atoms with Gasteiger partial charge in [-0.2, -0.15) is 5.26 Å². The number of nitrogens with one attached hydrogen (secondary N) is 1. The highest BCUT2D eigenvalue weighted by Gasteiger charge is 2.28. The van der Waals surface area contributed by atoms with Crippen molar-refractivity contribution in [3.05, 3.63) is 30.3 Å². The highest BCUT2D eigenvalue weighted by Crippen LogP contribution is 2.19. The number of carbonyl (C=O) groups is 2. The van der Waals surface area contributed by atoms with Gasteiger partial charge < -0.3 is 10.2 Å². The summed E-state index contributed by atoms with van der Waals surface area (Å²) in [5.74, 6) is 0.433. The maximum Gasteiger partial charge on any atom is 0.232 e. The third kappa shape index (κ3) is 4.78. The zero-order valence-corrected chi connectivity index (χ0v) is 13.1. The largest absolute Gasteiger partial charge is 0.341 e. The molecule has 0 spiro atoms. The second kappa shape index (κ2) is 8.44. The average molecular weight is 317 g/mol. The van der Waals surface area contributed by atoms with Gasteiger partial charge in [0, 0.05) is 18.8 Å². The number of piperidine rings is 1. The number of nitriles is 1. The van der Waals surface area contributed by atoms with E-state index in [1.54, 1.807) is 4.90 Å². The van der Waals surface area contributed by atoms with Crippen LogP contribution in [0.4, 0.5) is 5.69 Å². The van der Waals surface area contributed by atoms with Gasteiger partial charge in [-0.25, -0.2) is 0 Å². The Morgan fingerprint density at radius 3 is 2.86 bits per heavy atom. The molecule has 0 saturated carbocycles. The zero-order chi connectivity index (χ0) is 15.8. The number of nitrogens with zero attached hydrogens (tertiary/aromatic N) is 2. The van der Waals surface area contributed by atoms with Crippen LogP contribution in [-0.2, 0) is 9.59 Å². The van der Waals surface area contributed by atoms with Gasteiger partial charge in [-0.3, -0.25) is 9.59 Å². The van der Waals surface area contributed by atoms with Gasteiger partial charge >= 0.3 is 0 Å². The maximum absolute atomic E-state index is 12.3. The standard InChI is InChI=1S/C16H19N3O2S/c17-8-10-22-12-15(20)19-9-4-5-13(11-19)16(21)18-14-6-2-1-3-7-14/h1-3,6-7,13H,4-5,9-12H2,(H,18,21)/t13-/m1/s1. The Bertz CT molecular complexity index is 556. The predicted octanol–water partition coefficient (Wildman–Crippen LogP) is 2.12. The number of benzene rings is 1. The fourth-order valence-electron chi connectivity index (χ4n) is 2.46. The molecular weight excluding hydrogens is 298 g/mol. The van der Waals surface area contributed by atoms with Crippen molar-refractivity contribution < 1.29 is 9.59 Å². The topological polar surface area (TPSA) is 73.2 Å². The highest BCUT2D eigenvalue weighted by atomic mass is 32.2. The minimum Gasteiger partial charge on any atom is -0.341 e. The van der Waals surface area contributed by atoms with Crippen molar-refractivity contribution in [1.82, 2.24) is 4.90 Å². The van der Waals surface area contributed by atoms with Crippen molar-refractivity contribution in [1.29, 1.82) is 5.26 Å². The second-order valence-electron chi connectivity index (χ2n) is 5.19. The quantitative estimate of drug-likeness (QED) is 0.844. The number of para-hydroxylation sites is 1. The van der Waals surface area contributed by atoms with E-state index >= 15 is 0 Å². The van der Waals surface area contributed by atoms with E-state index in [2.05, 4.69) is 5.32 Å². The number of rotatable bonds is 5. The molecule has 2 amide bonds. The molecule has 1 saturated heterocycles. The van der Waals surface area contributed by atoms with Crippen LogP contribution in [0.5, 0.6) is 0 Å². The number of thioether (sulfide) groups is 1. The van der Waals surface area contributed by atoms with Crippen molar-refractivity contribution in [2.24, 2.45) is 5.92 Å². The molecule has 1 heterocycles. The maximum atomic E-state index is 12.3. The fourth-order valence-corrected chi connectivity index (χ4v) is 3.01. The van der Waals surface area contributed by atoms with Crippen LogP contribution in [0.3, 0.4) is 0 Å². The molecule has 0 aliphatic carbocycles. The van der Waals surface area contributed by atoms with E-state index in [1.165, 1.54) is 11.8 Å².